The molecular weight excluding hydrogens is 229 g/mol. The van der Waals surface area contributed by atoms with Crippen molar-refractivity contribution in [2.24, 2.45) is 0 Å². The monoisotopic (exact) mass is 235 g/mol. The van der Waals surface area contributed by atoms with E-state index in [2.05, 4.69) is 4.98 Å². The maximum atomic E-state index is 13.5. The fraction of sp³-hybridized carbons (Fsp3) is 0. The second kappa shape index (κ2) is 4.41. The molecule has 2 nitrogen and oxygen atoms in total. The maximum Gasteiger partial charge on any atom is 0.154 e. The van der Waals surface area contributed by atoms with Crippen LogP contribution >= 0.6 is 11.6 Å². The molecule has 0 spiro atoms. The molecule has 0 N–H and O–H groups in total. The van der Waals surface area contributed by atoms with E-state index >= 15 is 0 Å². The molecule has 0 unspecified atom stereocenters. The molecule has 0 aliphatic rings. The van der Waals surface area contributed by atoms with E-state index < -0.39 is 5.82 Å². The van der Waals surface area contributed by atoms with Crippen molar-refractivity contribution in [3.63, 3.8) is 0 Å². The first-order valence-electron chi connectivity index (χ1n) is 4.58. The molecule has 0 radical (unpaired) electrons. The van der Waals surface area contributed by atoms with Gasteiger partial charge >= 0.3 is 0 Å². The summed E-state index contributed by atoms with van der Waals surface area (Å²) in [7, 11) is 0. The molecule has 4 heteroatoms. The van der Waals surface area contributed by atoms with Gasteiger partial charge in [0.05, 0.1) is 16.3 Å². The van der Waals surface area contributed by atoms with Crippen LogP contribution in [0.5, 0.6) is 0 Å². The summed E-state index contributed by atoms with van der Waals surface area (Å²) in [5.74, 6) is -0.636. The van der Waals surface area contributed by atoms with Crippen molar-refractivity contribution >= 4 is 17.9 Å². The van der Waals surface area contributed by atoms with E-state index in [4.69, 9.17) is 11.6 Å². The molecule has 1 heterocycles. The zero-order valence-corrected chi connectivity index (χ0v) is 8.91. The lowest BCUT2D eigenvalue weighted by molar-refractivity contribution is 0.112. The van der Waals surface area contributed by atoms with Crippen LogP contribution in [0.2, 0.25) is 5.02 Å². The van der Waals surface area contributed by atoms with Crippen molar-refractivity contribution < 1.29 is 9.18 Å². The molecule has 1 aromatic heterocycles. The molecule has 0 bridgehead atoms. The second-order valence-corrected chi connectivity index (χ2v) is 3.59. The lowest BCUT2D eigenvalue weighted by atomic mass is 10.1. The largest absolute Gasteiger partial charge is 0.298 e. The van der Waals surface area contributed by atoms with Gasteiger partial charge in [0, 0.05) is 11.8 Å². The number of rotatable bonds is 2. The van der Waals surface area contributed by atoms with E-state index in [1.165, 1.54) is 12.1 Å². The van der Waals surface area contributed by atoms with Gasteiger partial charge in [-0.05, 0) is 24.3 Å². The average Bonchev–Trinajstić information content (AvgIpc) is 2.30. The number of nitrogens with zero attached hydrogens (tertiary/aromatic N) is 1. The highest BCUT2D eigenvalue weighted by atomic mass is 35.5. The van der Waals surface area contributed by atoms with E-state index in [0.29, 0.717) is 17.5 Å². The molecule has 0 saturated carbocycles. The predicted molar refractivity (Wildman–Crippen MR) is 60.0 cm³/mol. The normalized spacial score (nSPS) is 10.1. The molecule has 0 saturated heterocycles. The predicted octanol–water partition coefficient (Wildman–Crippen LogP) is 3.35. The van der Waals surface area contributed by atoms with Crippen molar-refractivity contribution in [3.8, 4) is 11.3 Å². The van der Waals surface area contributed by atoms with Crippen LogP contribution in [0.4, 0.5) is 4.39 Å². The summed E-state index contributed by atoms with van der Waals surface area (Å²) in [6.45, 7) is 0. The number of carbonyl (C=O) groups is 1. The number of aromatic nitrogens is 1. The first-order valence-corrected chi connectivity index (χ1v) is 4.96. The molecule has 0 amide bonds. The van der Waals surface area contributed by atoms with Gasteiger partial charge in [0.2, 0.25) is 0 Å². The minimum Gasteiger partial charge on any atom is -0.298 e. The minimum absolute atomic E-state index is 0.0932. The van der Waals surface area contributed by atoms with Crippen LogP contribution in [0.15, 0.2) is 36.5 Å². The molecule has 16 heavy (non-hydrogen) atoms. The Bertz CT molecular complexity index is 505. The summed E-state index contributed by atoms with van der Waals surface area (Å²) >= 11 is 5.79. The van der Waals surface area contributed by atoms with Crippen LogP contribution in [-0.4, -0.2) is 11.3 Å². The zero-order valence-electron chi connectivity index (χ0n) is 8.15. The van der Waals surface area contributed by atoms with Crippen LogP contribution in [0.1, 0.15) is 10.4 Å². The third kappa shape index (κ3) is 1.95. The summed E-state index contributed by atoms with van der Waals surface area (Å²) in [6.07, 6.45) is 2.01. The summed E-state index contributed by atoms with van der Waals surface area (Å²) in [4.78, 5) is 14.6. The Morgan fingerprint density at radius 3 is 2.69 bits per heavy atom. The Kier molecular flexibility index (Phi) is 2.97. The number of halogens is 2. The summed E-state index contributed by atoms with van der Waals surface area (Å²) in [5.41, 5.74) is 1.04. The van der Waals surface area contributed by atoms with Gasteiger partial charge in [-0.15, -0.1) is 0 Å². The van der Waals surface area contributed by atoms with Crippen LogP contribution < -0.4 is 0 Å². The van der Waals surface area contributed by atoms with Crippen molar-refractivity contribution in [1.29, 1.82) is 0 Å². The van der Waals surface area contributed by atoms with Crippen molar-refractivity contribution in [1.82, 2.24) is 4.98 Å². The number of hydrogen-bond acceptors (Lipinski definition) is 2. The molecule has 0 fully saturated rings. The fourth-order valence-electron chi connectivity index (χ4n) is 1.38. The van der Waals surface area contributed by atoms with E-state index in [-0.39, 0.29) is 10.6 Å². The first kappa shape index (κ1) is 10.8. The van der Waals surface area contributed by atoms with Gasteiger partial charge in [-0.2, -0.15) is 0 Å². The highest BCUT2D eigenvalue weighted by molar-refractivity contribution is 6.33. The van der Waals surface area contributed by atoms with Crippen LogP contribution in [0.3, 0.4) is 0 Å². The smallest absolute Gasteiger partial charge is 0.154 e. The third-order valence-corrected chi connectivity index (χ3v) is 2.47. The standard InChI is InChI=1S/C12H7ClFNO/c13-10-5-8(6-11(14)9(10)7-16)12-3-1-2-4-15-12/h1-7H. The Labute approximate surface area is 96.7 Å². The van der Waals surface area contributed by atoms with E-state index in [1.807, 2.05) is 0 Å². The molecular formula is C12H7ClFNO. The number of aldehydes is 1. The quantitative estimate of drug-likeness (QED) is 0.747. The highest BCUT2D eigenvalue weighted by Gasteiger charge is 2.10. The van der Waals surface area contributed by atoms with Crippen molar-refractivity contribution in [2.75, 3.05) is 0 Å². The van der Waals surface area contributed by atoms with Crippen LogP contribution in [0.25, 0.3) is 11.3 Å². The maximum absolute atomic E-state index is 13.5. The molecule has 80 valence electrons. The van der Waals surface area contributed by atoms with E-state index in [0.717, 1.165) is 0 Å². The number of pyridine rings is 1. The van der Waals surface area contributed by atoms with Gasteiger partial charge in [-0.25, -0.2) is 4.39 Å². The van der Waals surface area contributed by atoms with Gasteiger partial charge in [0.1, 0.15) is 5.82 Å². The number of carbonyl (C=O) groups excluding carboxylic acids is 1. The lowest BCUT2D eigenvalue weighted by Gasteiger charge is -2.04. The Morgan fingerprint density at radius 1 is 1.31 bits per heavy atom. The minimum atomic E-state index is -0.636. The van der Waals surface area contributed by atoms with Gasteiger partial charge in [-0.1, -0.05) is 17.7 Å². The zero-order chi connectivity index (χ0) is 11.5. The Balaban J connectivity index is 2.57. The Morgan fingerprint density at radius 2 is 2.12 bits per heavy atom. The fourth-order valence-corrected chi connectivity index (χ4v) is 1.63. The number of benzene rings is 1. The molecule has 2 rings (SSSR count). The molecule has 0 aliphatic heterocycles. The lowest BCUT2D eigenvalue weighted by Crippen LogP contribution is -1.91. The summed E-state index contributed by atoms with van der Waals surface area (Å²) in [6, 6.07) is 8.07. The number of hydrogen-bond donors (Lipinski definition) is 0. The molecule has 1 aromatic carbocycles. The Hall–Kier alpha value is -1.74. The first-order chi connectivity index (χ1) is 7.72. The summed E-state index contributed by atoms with van der Waals surface area (Å²) < 4.78 is 13.5. The van der Waals surface area contributed by atoms with Gasteiger partial charge in [0.25, 0.3) is 0 Å². The third-order valence-electron chi connectivity index (χ3n) is 2.16. The highest BCUT2D eigenvalue weighted by Crippen LogP contribution is 2.25. The van der Waals surface area contributed by atoms with Crippen LogP contribution in [0, 0.1) is 5.82 Å². The van der Waals surface area contributed by atoms with Crippen molar-refractivity contribution in [3.05, 3.63) is 52.9 Å². The van der Waals surface area contributed by atoms with Crippen LogP contribution in [-0.2, 0) is 0 Å². The average molecular weight is 236 g/mol. The van der Waals surface area contributed by atoms with E-state index in [1.54, 1.807) is 24.4 Å². The summed E-state index contributed by atoms with van der Waals surface area (Å²) in [5, 5.41) is 0.0932. The second-order valence-electron chi connectivity index (χ2n) is 3.19. The molecule has 0 aliphatic carbocycles. The molecule has 0 atom stereocenters. The topological polar surface area (TPSA) is 30.0 Å². The van der Waals surface area contributed by atoms with Gasteiger partial charge < -0.3 is 0 Å². The van der Waals surface area contributed by atoms with Gasteiger partial charge in [-0.3, -0.25) is 9.78 Å². The van der Waals surface area contributed by atoms with Gasteiger partial charge in [0.15, 0.2) is 6.29 Å². The SMILES string of the molecule is O=Cc1c(F)cc(-c2ccccn2)cc1Cl. The van der Waals surface area contributed by atoms with Crippen molar-refractivity contribution in [2.45, 2.75) is 0 Å². The van der Waals surface area contributed by atoms with E-state index in [9.17, 15) is 9.18 Å². The molecule has 2 aromatic rings.